The Balaban J connectivity index is 1.54. The highest BCUT2D eigenvalue weighted by molar-refractivity contribution is 5.83. The fourth-order valence-electron chi connectivity index (χ4n) is 3.86. The molecule has 3 aromatic rings. The number of nitrogens with zero attached hydrogens (tertiary/aromatic N) is 2. The van der Waals surface area contributed by atoms with Crippen LogP contribution in [0.3, 0.4) is 0 Å². The molecule has 3 heterocycles. The van der Waals surface area contributed by atoms with E-state index in [9.17, 15) is 13.6 Å². The zero-order valence-corrected chi connectivity index (χ0v) is 17.1. The van der Waals surface area contributed by atoms with Crippen molar-refractivity contribution in [1.29, 1.82) is 0 Å². The number of hydrogen-bond acceptors (Lipinski definition) is 5. The quantitative estimate of drug-likeness (QED) is 0.637. The number of halogens is 2. The van der Waals surface area contributed by atoms with Gasteiger partial charge in [-0.2, -0.15) is 0 Å². The summed E-state index contributed by atoms with van der Waals surface area (Å²) < 4.78 is 38.2. The van der Waals surface area contributed by atoms with Crippen molar-refractivity contribution in [3.05, 3.63) is 71.8 Å². The third-order valence-electron chi connectivity index (χ3n) is 5.69. The van der Waals surface area contributed by atoms with Crippen molar-refractivity contribution in [2.45, 2.75) is 32.2 Å². The van der Waals surface area contributed by atoms with Crippen molar-refractivity contribution < 1.29 is 22.8 Å². The predicted octanol–water partition coefficient (Wildman–Crippen LogP) is 4.23. The second-order valence-corrected chi connectivity index (χ2v) is 7.82. The average molecular weight is 427 g/mol. The fourth-order valence-corrected chi connectivity index (χ4v) is 3.86. The zero-order chi connectivity index (χ0) is 21.8. The average Bonchev–Trinajstić information content (AvgIpc) is 3.22. The third-order valence-corrected chi connectivity index (χ3v) is 5.69. The summed E-state index contributed by atoms with van der Waals surface area (Å²) in [7, 11) is 0. The van der Waals surface area contributed by atoms with Gasteiger partial charge in [0.25, 0.3) is 0 Å². The minimum absolute atomic E-state index is 0.111. The highest BCUT2D eigenvalue weighted by Gasteiger charge is 2.42. The molecule has 1 fully saturated rings. The molecule has 1 N–H and O–H groups in total. The second kappa shape index (κ2) is 8.93. The molecule has 2 aromatic heterocycles. The first-order chi connectivity index (χ1) is 15.0. The van der Waals surface area contributed by atoms with Gasteiger partial charge in [-0.3, -0.25) is 9.78 Å². The molecule has 1 atom stereocenters. The summed E-state index contributed by atoms with van der Waals surface area (Å²) in [5.41, 5.74) is 0.439. The van der Waals surface area contributed by atoms with Crippen LogP contribution in [0.2, 0.25) is 0 Å². The van der Waals surface area contributed by atoms with Crippen molar-refractivity contribution >= 4 is 5.91 Å². The van der Waals surface area contributed by atoms with Crippen molar-refractivity contribution in [1.82, 2.24) is 15.5 Å². The van der Waals surface area contributed by atoms with Crippen LogP contribution in [0.25, 0.3) is 11.3 Å². The molecule has 1 amide bonds. The van der Waals surface area contributed by atoms with Gasteiger partial charge in [0.2, 0.25) is 5.91 Å². The molecule has 31 heavy (non-hydrogen) atoms. The molecule has 1 unspecified atom stereocenters. The van der Waals surface area contributed by atoms with Gasteiger partial charge in [-0.05, 0) is 44.0 Å². The number of carbonyl (C=O) groups excluding carboxylic acids is 1. The topological polar surface area (TPSA) is 77.2 Å². The van der Waals surface area contributed by atoms with Crippen LogP contribution < -0.4 is 5.32 Å². The number of nitrogens with one attached hydrogen (secondary N) is 1. The first-order valence-electron chi connectivity index (χ1n) is 10.2. The van der Waals surface area contributed by atoms with E-state index in [0.717, 1.165) is 11.8 Å². The SMILES string of the molecule is CC(NC(=O)C1(Cc2cc(-c3ccc(F)cc3F)no2)CCOCC1)c1ccccn1. The van der Waals surface area contributed by atoms with E-state index in [0.29, 0.717) is 38.2 Å². The maximum absolute atomic E-state index is 14.1. The number of aromatic nitrogens is 2. The van der Waals surface area contributed by atoms with E-state index < -0.39 is 17.0 Å². The van der Waals surface area contributed by atoms with E-state index >= 15 is 0 Å². The van der Waals surface area contributed by atoms with Crippen molar-refractivity contribution in [3.63, 3.8) is 0 Å². The van der Waals surface area contributed by atoms with Crippen LogP contribution in [0.5, 0.6) is 0 Å². The Kier molecular flexibility index (Phi) is 6.08. The molecule has 1 aliphatic heterocycles. The number of hydrogen-bond donors (Lipinski definition) is 1. The lowest BCUT2D eigenvalue weighted by molar-refractivity contribution is -0.137. The number of carbonyl (C=O) groups is 1. The standard InChI is InChI=1S/C23H23F2N3O3/c1-15(20-4-2-3-9-26-20)27-22(29)23(7-10-30-11-8-23)14-17-13-21(28-31-17)18-6-5-16(24)12-19(18)25/h2-6,9,12-13,15H,7-8,10-11,14H2,1H3,(H,27,29). The fraction of sp³-hybridized carbons (Fsp3) is 0.348. The van der Waals surface area contributed by atoms with E-state index in [-0.39, 0.29) is 23.2 Å². The van der Waals surface area contributed by atoms with E-state index in [1.54, 1.807) is 12.3 Å². The molecule has 1 aliphatic rings. The monoisotopic (exact) mass is 427 g/mol. The van der Waals surface area contributed by atoms with Crippen LogP contribution >= 0.6 is 0 Å². The summed E-state index contributed by atoms with van der Waals surface area (Å²) >= 11 is 0. The van der Waals surface area contributed by atoms with Crippen LogP contribution in [-0.2, 0) is 16.0 Å². The molecular weight excluding hydrogens is 404 g/mol. The van der Waals surface area contributed by atoms with E-state index in [4.69, 9.17) is 9.26 Å². The summed E-state index contributed by atoms with van der Waals surface area (Å²) in [6, 6.07) is 10.2. The van der Waals surface area contributed by atoms with Gasteiger partial charge in [-0.15, -0.1) is 0 Å². The predicted molar refractivity (Wildman–Crippen MR) is 109 cm³/mol. The van der Waals surface area contributed by atoms with Crippen LogP contribution in [0.15, 0.2) is 53.2 Å². The van der Waals surface area contributed by atoms with Gasteiger partial charge in [-0.25, -0.2) is 8.78 Å². The molecule has 8 heteroatoms. The van der Waals surface area contributed by atoms with Crippen LogP contribution in [-0.4, -0.2) is 29.3 Å². The van der Waals surface area contributed by atoms with Crippen molar-refractivity contribution in [2.75, 3.05) is 13.2 Å². The molecule has 1 aromatic carbocycles. The Labute approximate surface area is 178 Å². The number of ether oxygens (including phenoxy) is 1. The van der Waals surface area contributed by atoms with Gasteiger partial charge < -0.3 is 14.6 Å². The van der Waals surface area contributed by atoms with Gasteiger partial charge >= 0.3 is 0 Å². The summed E-state index contributed by atoms with van der Waals surface area (Å²) in [5, 5.41) is 6.99. The third kappa shape index (κ3) is 4.64. The summed E-state index contributed by atoms with van der Waals surface area (Å²) in [6.07, 6.45) is 3.03. The second-order valence-electron chi connectivity index (χ2n) is 7.82. The summed E-state index contributed by atoms with van der Waals surface area (Å²) in [4.78, 5) is 17.6. The lowest BCUT2D eigenvalue weighted by Gasteiger charge is -2.35. The van der Waals surface area contributed by atoms with Gasteiger partial charge in [0, 0.05) is 43.5 Å². The smallest absolute Gasteiger partial charge is 0.227 e. The van der Waals surface area contributed by atoms with Gasteiger partial charge in [-0.1, -0.05) is 11.2 Å². The molecule has 0 aliphatic carbocycles. The molecule has 4 rings (SSSR count). The maximum Gasteiger partial charge on any atom is 0.227 e. The first-order valence-corrected chi connectivity index (χ1v) is 10.2. The minimum Gasteiger partial charge on any atom is -0.381 e. The molecule has 0 saturated carbocycles. The normalized spacial score (nSPS) is 16.6. The maximum atomic E-state index is 14.1. The van der Waals surface area contributed by atoms with E-state index in [1.807, 2.05) is 25.1 Å². The highest BCUT2D eigenvalue weighted by atomic mass is 19.1. The van der Waals surface area contributed by atoms with Gasteiger partial charge in [0.1, 0.15) is 23.1 Å². The molecule has 0 spiro atoms. The Hall–Kier alpha value is -3.13. The molecule has 0 bridgehead atoms. The number of benzene rings is 1. The van der Waals surface area contributed by atoms with Crippen molar-refractivity contribution in [3.8, 4) is 11.3 Å². The summed E-state index contributed by atoms with van der Waals surface area (Å²) in [5.74, 6) is -1.03. The van der Waals surface area contributed by atoms with Gasteiger partial charge in [0.05, 0.1) is 17.2 Å². The van der Waals surface area contributed by atoms with Crippen LogP contribution in [0, 0.1) is 17.0 Å². The van der Waals surface area contributed by atoms with Crippen molar-refractivity contribution in [2.24, 2.45) is 5.41 Å². The first kappa shape index (κ1) is 21.1. The molecule has 0 radical (unpaired) electrons. The Morgan fingerprint density at radius 1 is 1.19 bits per heavy atom. The van der Waals surface area contributed by atoms with Crippen LogP contribution in [0.4, 0.5) is 8.78 Å². The highest BCUT2D eigenvalue weighted by Crippen LogP contribution is 2.36. The number of pyridine rings is 1. The zero-order valence-electron chi connectivity index (χ0n) is 17.1. The van der Waals surface area contributed by atoms with Gasteiger partial charge in [0.15, 0.2) is 0 Å². The Morgan fingerprint density at radius 3 is 2.71 bits per heavy atom. The van der Waals surface area contributed by atoms with E-state index in [2.05, 4.69) is 15.5 Å². The summed E-state index contributed by atoms with van der Waals surface area (Å²) in [6.45, 7) is 2.80. The Bertz CT molecular complexity index is 1050. The molecule has 6 nitrogen and oxygen atoms in total. The number of rotatable bonds is 6. The molecular formula is C23H23F2N3O3. The lowest BCUT2D eigenvalue weighted by Crippen LogP contribution is -2.46. The Morgan fingerprint density at radius 2 is 2.00 bits per heavy atom. The molecule has 1 saturated heterocycles. The lowest BCUT2D eigenvalue weighted by atomic mass is 9.75. The molecule has 162 valence electrons. The van der Waals surface area contributed by atoms with E-state index in [1.165, 1.54) is 12.1 Å². The largest absolute Gasteiger partial charge is 0.381 e. The minimum atomic E-state index is -0.737. The van der Waals surface area contributed by atoms with Crippen LogP contribution in [0.1, 0.15) is 37.3 Å². The number of amides is 1.